The fraction of sp³-hybridized carbons (Fsp3) is 0.0800. The zero-order chi connectivity index (χ0) is 22.9. The van der Waals surface area contributed by atoms with Gasteiger partial charge in [-0.25, -0.2) is 9.78 Å². The Morgan fingerprint density at radius 2 is 1.85 bits per heavy atom. The summed E-state index contributed by atoms with van der Waals surface area (Å²) in [5.41, 5.74) is 2.12. The number of carbonyl (C=O) groups is 1. The normalized spacial score (nSPS) is 11.0. The van der Waals surface area contributed by atoms with E-state index in [2.05, 4.69) is 10.3 Å². The first-order chi connectivity index (χ1) is 16.1. The van der Waals surface area contributed by atoms with E-state index in [-0.39, 0.29) is 11.1 Å². The molecule has 1 N–H and O–H groups in total. The highest BCUT2D eigenvalue weighted by molar-refractivity contribution is 6.06. The molecule has 0 spiro atoms. The van der Waals surface area contributed by atoms with Crippen LogP contribution in [0, 0.1) is 0 Å². The van der Waals surface area contributed by atoms with E-state index in [1.165, 1.54) is 20.3 Å². The summed E-state index contributed by atoms with van der Waals surface area (Å²) in [4.78, 5) is 30.2. The number of carbonyl (C=O) groups excluding carboxylic acids is 1. The fourth-order valence-corrected chi connectivity index (χ4v) is 3.67. The molecule has 5 aromatic rings. The van der Waals surface area contributed by atoms with Gasteiger partial charge < -0.3 is 23.6 Å². The monoisotopic (exact) mass is 441 g/mol. The third-order valence-electron chi connectivity index (χ3n) is 5.30. The van der Waals surface area contributed by atoms with Gasteiger partial charge in [0.15, 0.2) is 11.3 Å². The summed E-state index contributed by atoms with van der Waals surface area (Å²) in [6.45, 7) is 0. The average Bonchev–Trinajstić information content (AvgIpc) is 3.27. The number of benzene rings is 2. The second kappa shape index (κ2) is 8.16. The lowest BCUT2D eigenvalue weighted by Gasteiger charge is -2.12. The number of rotatable bonds is 5. The van der Waals surface area contributed by atoms with Gasteiger partial charge in [-0.1, -0.05) is 18.2 Å². The number of pyridine rings is 1. The van der Waals surface area contributed by atoms with Gasteiger partial charge in [0.2, 0.25) is 0 Å². The summed E-state index contributed by atoms with van der Waals surface area (Å²) in [6, 6.07) is 17.7. The molecule has 0 aliphatic rings. The Morgan fingerprint density at radius 3 is 2.64 bits per heavy atom. The number of para-hydroxylation sites is 1. The molecule has 3 aromatic heterocycles. The van der Waals surface area contributed by atoms with Crippen molar-refractivity contribution in [3.8, 4) is 22.8 Å². The molecule has 8 nitrogen and oxygen atoms in total. The van der Waals surface area contributed by atoms with Gasteiger partial charge in [0.1, 0.15) is 17.0 Å². The van der Waals surface area contributed by atoms with Gasteiger partial charge in [-0.2, -0.15) is 0 Å². The molecule has 1 amide bonds. The minimum atomic E-state index is -0.764. The molecular weight excluding hydrogens is 422 g/mol. The molecule has 0 bridgehead atoms. The second-order valence-corrected chi connectivity index (χ2v) is 7.29. The van der Waals surface area contributed by atoms with Crippen molar-refractivity contribution in [2.24, 2.45) is 0 Å². The van der Waals surface area contributed by atoms with E-state index in [9.17, 15) is 9.59 Å². The highest BCUT2D eigenvalue weighted by Gasteiger charge is 2.18. The van der Waals surface area contributed by atoms with E-state index in [1.807, 2.05) is 41.1 Å². The predicted molar refractivity (Wildman–Crippen MR) is 124 cm³/mol. The van der Waals surface area contributed by atoms with Crippen molar-refractivity contribution in [2.45, 2.75) is 0 Å². The quantitative estimate of drug-likeness (QED) is 0.407. The van der Waals surface area contributed by atoms with Crippen LogP contribution in [0.2, 0.25) is 0 Å². The first-order valence-electron chi connectivity index (χ1n) is 10.1. The van der Waals surface area contributed by atoms with E-state index in [1.54, 1.807) is 30.3 Å². The molecule has 0 fully saturated rings. The SMILES string of the molecule is COc1ccc(-c2cn3ccccc3n2)cc1NC(=O)c1cc2cccc(OC)c2oc1=O. The molecule has 2 aromatic carbocycles. The summed E-state index contributed by atoms with van der Waals surface area (Å²) < 4.78 is 17.9. The number of methoxy groups -OCH3 is 2. The zero-order valence-electron chi connectivity index (χ0n) is 17.9. The molecule has 0 saturated carbocycles. The molecule has 33 heavy (non-hydrogen) atoms. The number of anilines is 1. The highest BCUT2D eigenvalue weighted by Crippen LogP contribution is 2.31. The van der Waals surface area contributed by atoms with E-state index < -0.39 is 11.5 Å². The Bertz CT molecular complexity index is 1530. The summed E-state index contributed by atoms with van der Waals surface area (Å²) >= 11 is 0. The maximum atomic E-state index is 13.0. The highest BCUT2D eigenvalue weighted by atomic mass is 16.5. The maximum Gasteiger partial charge on any atom is 0.349 e. The third kappa shape index (κ3) is 3.67. The largest absolute Gasteiger partial charge is 0.495 e. The van der Waals surface area contributed by atoms with E-state index in [0.717, 1.165) is 16.9 Å². The Labute approximate surface area is 188 Å². The molecular formula is C25H19N3O5. The van der Waals surface area contributed by atoms with Gasteiger partial charge in [-0.05, 0) is 42.5 Å². The van der Waals surface area contributed by atoms with E-state index >= 15 is 0 Å². The number of aromatic nitrogens is 2. The van der Waals surface area contributed by atoms with Gasteiger partial charge in [0.05, 0.1) is 25.6 Å². The van der Waals surface area contributed by atoms with Gasteiger partial charge in [-0.15, -0.1) is 0 Å². The molecule has 0 aliphatic carbocycles. The zero-order valence-corrected chi connectivity index (χ0v) is 17.9. The van der Waals surface area contributed by atoms with Gasteiger partial charge in [-0.3, -0.25) is 4.79 Å². The second-order valence-electron chi connectivity index (χ2n) is 7.29. The van der Waals surface area contributed by atoms with Crippen molar-refractivity contribution in [3.63, 3.8) is 0 Å². The van der Waals surface area contributed by atoms with Crippen LogP contribution < -0.4 is 20.4 Å². The first-order valence-corrected chi connectivity index (χ1v) is 10.1. The summed E-state index contributed by atoms with van der Waals surface area (Å²) in [7, 11) is 2.99. The minimum absolute atomic E-state index is 0.129. The average molecular weight is 441 g/mol. The number of hydrogen-bond donors (Lipinski definition) is 1. The van der Waals surface area contributed by atoms with Crippen LogP contribution in [0.5, 0.6) is 11.5 Å². The van der Waals surface area contributed by atoms with Gasteiger partial charge in [0, 0.05) is 23.3 Å². The van der Waals surface area contributed by atoms with Crippen LogP contribution in [-0.4, -0.2) is 29.5 Å². The summed E-state index contributed by atoms with van der Waals surface area (Å²) in [5.74, 6) is 0.250. The molecule has 0 radical (unpaired) electrons. The molecule has 0 aliphatic heterocycles. The van der Waals surface area contributed by atoms with Crippen LogP contribution in [0.15, 0.2) is 82.3 Å². The first kappa shape index (κ1) is 20.3. The number of hydrogen-bond acceptors (Lipinski definition) is 6. The standard InChI is InChI=1S/C25H19N3O5/c1-31-20-10-9-15(19-14-28-11-4-3-8-22(28)26-19)13-18(20)27-24(29)17-12-16-6-5-7-21(32-2)23(16)33-25(17)30/h3-14H,1-2H3,(H,27,29). The van der Waals surface area contributed by atoms with Crippen molar-refractivity contribution >= 4 is 28.2 Å². The van der Waals surface area contributed by atoms with Crippen LogP contribution >= 0.6 is 0 Å². The lowest BCUT2D eigenvalue weighted by molar-refractivity contribution is 0.102. The number of nitrogens with one attached hydrogen (secondary N) is 1. The van der Waals surface area contributed by atoms with Crippen LogP contribution in [0.1, 0.15) is 10.4 Å². The van der Waals surface area contributed by atoms with Gasteiger partial charge >= 0.3 is 5.63 Å². The van der Waals surface area contributed by atoms with Crippen molar-refractivity contribution in [2.75, 3.05) is 19.5 Å². The summed E-state index contributed by atoms with van der Waals surface area (Å²) in [5, 5.41) is 3.34. The van der Waals surface area contributed by atoms with Crippen molar-refractivity contribution in [1.29, 1.82) is 0 Å². The van der Waals surface area contributed by atoms with Gasteiger partial charge in [0.25, 0.3) is 5.91 Å². The van der Waals surface area contributed by atoms with E-state index in [0.29, 0.717) is 22.6 Å². The Morgan fingerprint density at radius 1 is 1.00 bits per heavy atom. The minimum Gasteiger partial charge on any atom is -0.495 e. The third-order valence-corrected chi connectivity index (χ3v) is 5.30. The number of nitrogens with zero attached hydrogens (tertiary/aromatic N) is 2. The van der Waals surface area contributed by atoms with Crippen LogP contribution in [0.3, 0.4) is 0 Å². The molecule has 0 unspecified atom stereocenters. The van der Waals surface area contributed by atoms with Crippen LogP contribution in [-0.2, 0) is 0 Å². The molecule has 0 atom stereocenters. The number of imidazole rings is 1. The van der Waals surface area contributed by atoms with Crippen LogP contribution in [0.4, 0.5) is 5.69 Å². The number of fused-ring (bicyclic) bond motifs is 2. The smallest absolute Gasteiger partial charge is 0.349 e. The van der Waals surface area contributed by atoms with Crippen molar-refractivity contribution in [1.82, 2.24) is 9.38 Å². The molecule has 164 valence electrons. The maximum absolute atomic E-state index is 13.0. The molecule has 5 rings (SSSR count). The summed E-state index contributed by atoms with van der Waals surface area (Å²) in [6.07, 6.45) is 3.81. The molecule has 8 heteroatoms. The number of ether oxygens (including phenoxy) is 2. The fourth-order valence-electron chi connectivity index (χ4n) is 3.67. The topological polar surface area (TPSA) is 95.1 Å². The van der Waals surface area contributed by atoms with Crippen LogP contribution in [0.25, 0.3) is 27.9 Å². The lowest BCUT2D eigenvalue weighted by atomic mass is 10.1. The molecule has 0 saturated heterocycles. The Hall–Kier alpha value is -4.59. The predicted octanol–water partition coefficient (Wildman–Crippen LogP) is 4.38. The van der Waals surface area contributed by atoms with E-state index in [4.69, 9.17) is 13.9 Å². The van der Waals surface area contributed by atoms with Crippen molar-refractivity contribution < 1.29 is 18.7 Å². The molecule has 3 heterocycles. The lowest BCUT2D eigenvalue weighted by Crippen LogP contribution is -2.21. The number of amides is 1. The van der Waals surface area contributed by atoms with Crippen molar-refractivity contribution in [3.05, 3.63) is 89.0 Å². The Balaban J connectivity index is 1.52. The Kier molecular flexibility index (Phi) is 5.02.